The van der Waals surface area contributed by atoms with Gasteiger partial charge in [-0.2, -0.15) is 10.4 Å². The topological polar surface area (TPSA) is 96.1 Å². The average Bonchev–Trinajstić information content (AvgIpc) is 3.32. The van der Waals surface area contributed by atoms with Crippen molar-refractivity contribution in [1.29, 1.82) is 5.26 Å². The third-order valence-corrected chi connectivity index (χ3v) is 4.73. The van der Waals surface area contributed by atoms with E-state index in [1.165, 1.54) is 25.7 Å². The van der Waals surface area contributed by atoms with Gasteiger partial charge in [0.1, 0.15) is 5.69 Å². The monoisotopic (exact) mass is 307 g/mol. The number of hydrogen-bond donors (Lipinski definition) is 1. The standard InChI is InChI=1S/C16H17N7/c17-7-5-14(11-3-1-2-4-11)23-10-12(9-19-23)15-13-6-8-18-16(13)21-22-20-15/h6,8-11,14H,1-5H2,(H,18,20,21)/t14-/m0/s1. The molecular weight excluding hydrogens is 290 g/mol. The van der Waals surface area contributed by atoms with Crippen LogP contribution in [0.15, 0.2) is 24.7 Å². The van der Waals surface area contributed by atoms with Crippen LogP contribution in [0.25, 0.3) is 22.3 Å². The van der Waals surface area contributed by atoms with Gasteiger partial charge >= 0.3 is 0 Å². The molecule has 1 aliphatic rings. The van der Waals surface area contributed by atoms with E-state index in [1.54, 1.807) is 6.20 Å². The van der Waals surface area contributed by atoms with Crippen molar-refractivity contribution in [3.05, 3.63) is 24.7 Å². The maximum atomic E-state index is 9.17. The lowest BCUT2D eigenvalue weighted by Gasteiger charge is -2.21. The van der Waals surface area contributed by atoms with Gasteiger partial charge in [-0.3, -0.25) is 4.68 Å². The van der Waals surface area contributed by atoms with Gasteiger partial charge in [-0.25, -0.2) is 0 Å². The molecule has 3 aromatic rings. The normalized spacial score (nSPS) is 16.7. The van der Waals surface area contributed by atoms with Crippen LogP contribution in [-0.4, -0.2) is 30.2 Å². The number of nitrogens with one attached hydrogen (secondary N) is 1. The molecule has 7 nitrogen and oxygen atoms in total. The zero-order valence-corrected chi connectivity index (χ0v) is 12.7. The predicted molar refractivity (Wildman–Crippen MR) is 84.1 cm³/mol. The second kappa shape index (κ2) is 5.80. The van der Waals surface area contributed by atoms with Gasteiger partial charge in [0.15, 0.2) is 5.65 Å². The quantitative estimate of drug-likeness (QED) is 0.799. The zero-order valence-electron chi connectivity index (χ0n) is 12.7. The average molecular weight is 307 g/mol. The van der Waals surface area contributed by atoms with Crippen molar-refractivity contribution in [2.45, 2.75) is 38.1 Å². The Bertz CT molecular complexity index is 851. The first-order chi connectivity index (χ1) is 11.4. The first kappa shape index (κ1) is 13.9. The number of fused-ring (bicyclic) bond motifs is 1. The second-order valence-corrected chi connectivity index (χ2v) is 6.06. The molecular formula is C16H17N7. The molecule has 116 valence electrons. The summed E-state index contributed by atoms with van der Waals surface area (Å²) in [5.74, 6) is 0.540. The summed E-state index contributed by atoms with van der Waals surface area (Å²) in [7, 11) is 0. The van der Waals surface area contributed by atoms with Crippen molar-refractivity contribution >= 4 is 11.0 Å². The lowest BCUT2D eigenvalue weighted by Crippen LogP contribution is -2.17. The summed E-state index contributed by atoms with van der Waals surface area (Å²) in [6.45, 7) is 0. The summed E-state index contributed by atoms with van der Waals surface area (Å²) < 4.78 is 1.94. The Kier molecular flexibility index (Phi) is 3.50. The van der Waals surface area contributed by atoms with Crippen LogP contribution in [0.4, 0.5) is 0 Å². The number of aromatic amines is 1. The fourth-order valence-electron chi connectivity index (χ4n) is 3.57. The molecule has 0 bridgehead atoms. The van der Waals surface area contributed by atoms with Crippen LogP contribution in [0.5, 0.6) is 0 Å². The van der Waals surface area contributed by atoms with Crippen molar-refractivity contribution in [1.82, 2.24) is 30.2 Å². The molecule has 1 aliphatic carbocycles. The molecule has 0 saturated heterocycles. The zero-order chi connectivity index (χ0) is 15.6. The summed E-state index contributed by atoms with van der Waals surface area (Å²) in [6.07, 6.45) is 11.0. The van der Waals surface area contributed by atoms with Crippen LogP contribution >= 0.6 is 0 Å². The van der Waals surface area contributed by atoms with Crippen LogP contribution in [0, 0.1) is 17.2 Å². The third-order valence-electron chi connectivity index (χ3n) is 4.73. The molecule has 23 heavy (non-hydrogen) atoms. The molecule has 3 aromatic heterocycles. The van der Waals surface area contributed by atoms with Crippen molar-refractivity contribution in [2.75, 3.05) is 0 Å². The second-order valence-electron chi connectivity index (χ2n) is 6.06. The Labute approximate surface area is 133 Å². The smallest absolute Gasteiger partial charge is 0.164 e. The molecule has 0 spiro atoms. The van der Waals surface area contributed by atoms with Crippen LogP contribution in [-0.2, 0) is 0 Å². The van der Waals surface area contributed by atoms with Crippen molar-refractivity contribution in [3.63, 3.8) is 0 Å². The number of nitrogens with zero attached hydrogens (tertiary/aromatic N) is 6. The third kappa shape index (κ3) is 2.46. The van der Waals surface area contributed by atoms with E-state index in [0.29, 0.717) is 18.0 Å². The van der Waals surface area contributed by atoms with Crippen LogP contribution < -0.4 is 0 Å². The Hall–Kier alpha value is -2.75. The maximum absolute atomic E-state index is 9.17. The van der Waals surface area contributed by atoms with Gasteiger partial charge in [0.2, 0.25) is 0 Å². The number of rotatable bonds is 4. The Balaban J connectivity index is 1.70. The Morgan fingerprint density at radius 2 is 2.22 bits per heavy atom. The van der Waals surface area contributed by atoms with E-state index in [-0.39, 0.29) is 6.04 Å². The van der Waals surface area contributed by atoms with E-state index in [4.69, 9.17) is 5.26 Å². The Morgan fingerprint density at radius 1 is 1.35 bits per heavy atom. The van der Waals surface area contributed by atoms with E-state index in [9.17, 15) is 0 Å². The lowest BCUT2D eigenvalue weighted by molar-refractivity contribution is 0.315. The minimum atomic E-state index is 0.146. The molecule has 0 amide bonds. The summed E-state index contributed by atoms with van der Waals surface area (Å²) >= 11 is 0. The molecule has 0 aliphatic heterocycles. The van der Waals surface area contributed by atoms with Gasteiger partial charge in [-0.1, -0.05) is 12.8 Å². The van der Waals surface area contributed by atoms with Crippen LogP contribution in [0.1, 0.15) is 38.1 Å². The maximum Gasteiger partial charge on any atom is 0.164 e. The molecule has 1 fully saturated rings. The molecule has 1 atom stereocenters. The molecule has 3 heterocycles. The highest BCUT2D eigenvalue weighted by Gasteiger charge is 2.27. The number of nitriles is 1. The van der Waals surface area contributed by atoms with Crippen LogP contribution in [0.2, 0.25) is 0 Å². The van der Waals surface area contributed by atoms with Crippen LogP contribution in [0.3, 0.4) is 0 Å². The van der Waals surface area contributed by atoms with Gasteiger partial charge in [-0.05, 0) is 30.0 Å². The van der Waals surface area contributed by atoms with Crippen molar-refractivity contribution in [2.24, 2.45) is 5.92 Å². The summed E-state index contributed by atoms with van der Waals surface area (Å²) in [5.41, 5.74) is 2.39. The minimum absolute atomic E-state index is 0.146. The molecule has 0 unspecified atom stereocenters. The number of hydrogen-bond acceptors (Lipinski definition) is 5. The van der Waals surface area contributed by atoms with E-state index in [0.717, 1.165) is 16.6 Å². The van der Waals surface area contributed by atoms with Crippen molar-refractivity contribution in [3.8, 4) is 17.3 Å². The molecule has 7 heteroatoms. The number of aromatic nitrogens is 6. The van der Waals surface area contributed by atoms with Gasteiger partial charge in [-0.15, -0.1) is 10.2 Å². The Morgan fingerprint density at radius 3 is 3.04 bits per heavy atom. The lowest BCUT2D eigenvalue weighted by atomic mass is 9.96. The highest BCUT2D eigenvalue weighted by molar-refractivity contribution is 5.89. The number of H-pyrrole nitrogens is 1. The highest BCUT2D eigenvalue weighted by Crippen LogP contribution is 2.36. The van der Waals surface area contributed by atoms with E-state index in [2.05, 4.69) is 31.6 Å². The van der Waals surface area contributed by atoms with E-state index in [1.807, 2.05) is 23.1 Å². The molecule has 4 rings (SSSR count). The molecule has 0 aromatic carbocycles. The summed E-state index contributed by atoms with van der Waals surface area (Å²) in [6, 6.07) is 4.40. The minimum Gasteiger partial charge on any atom is -0.345 e. The summed E-state index contributed by atoms with van der Waals surface area (Å²) in [4.78, 5) is 3.04. The first-order valence-electron chi connectivity index (χ1n) is 7.95. The molecule has 1 N–H and O–H groups in total. The fourth-order valence-corrected chi connectivity index (χ4v) is 3.57. The fraction of sp³-hybridized carbons (Fsp3) is 0.438. The molecule has 0 radical (unpaired) electrons. The van der Waals surface area contributed by atoms with Crippen molar-refractivity contribution < 1.29 is 0 Å². The predicted octanol–water partition coefficient (Wildman–Crippen LogP) is 2.86. The van der Waals surface area contributed by atoms with E-state index < -0.39 is 0 Å². The van der Waals surface area contributed by atoms with Gasteiger partial charge in [0.05, 0.1) is 24.7 Å². The summed E-state index contributed by atoms with van der Waals surface area (Å²) in [5, 5.41) is 26.6. The SMILES string of the molecule is N#CC[C@@H](C1CCCC1)n1cc(-c2nnnc3[nH]ccc23)cn1. The largest absolute Gasteiger partial charge is 0.345 e. The van der Waals surface area contributed by atoms with Gasteiger partial charge in [0.25, 0.3) is 0 Å². The molecule has 1 saturated carbocycles. The highest BCUT2D eigenvalue weighted by atomic mass is 15.3. The van der Waals surface area contributed by atoms with Gasteiger partial charge < -0.3 is 4.98 Å². The van der Waals surface area contributed by atoms with Gasteiger partial charge in [0, 0.05) is 23.3 Å². The van der Waals surface area contributed by atoms with E-state index >= 15 is 0 Å². The first-order valence-corrected chi connectivity index (χ1v) is 7.95.